The Balaban J connectivity index is 2.08. The van der Waals surface area contributed by atoms with Crippen molar-refractivity contribution >= 4 is 23.8 Å². The van der Waals surface area contributed by atoms with Gasteiger partial charge >= 0.3 is 11.9 Å². The van der Waals surface area contributed by atoms with E-state index in [2.05, 4.69) is 4.74 Å². The molecule has 9 nitrogen and oxygen atoms in total. The molecule has 25 heavy (non-hydrogen) atoms. The second-order valence-corrected chi connectivity index (χ2v) is 5.11. The van der Waals surface area contributed by atoms with Crippen LogP contribution in [0.4, 0.5) is 0 Å². The fourth-order valence-corrected chi connectivity index (χ4v) is 2.14. The highest BCUT2D eigenvalue weighted by Crippen LogP contribution is 2.26. The van der Waals surface area contributed by atoms with Gasteiger partial charge in [0, 0.05) is 6.08 Å². The summed E-state index contributed by atoms with van der Waals surface area (Å²) in [6.45, 7) is -0.775. The van der Waals surface area contributed by atoms with Crippen LogP contribution in [-0.4, -0.2) is 65.1 Å². The standard InChI is InChI=1S/C16H16O9/c1-23-11-6-8(2-4-9(11)18)3-5-12(20)24-15-13(21)16(22)25-14(15)10(19)7-17/h2-6,10,14-15,17-19H,7H2,1H3/t10-,14+,15?/m0/s1. The molecule has 1 saturated heterocycles. The molecule has 1 heterocycles. The molecule has 0 spiro atoms. The lowest BCUT2D eigenvalue weighted by atomic mass is 10.1. The first kappa shape index (κ1) is 18.4. The number of ketones is 1. The molecule has 0 amide bonds. The number of phenolic OH excluding ortho intramolecular Hbond substituents is 1. The van der Waals surface area contributed by atoms with E-state index in [-0.39, 0.29) is 11.5 Å². The highest BCUT2D eigenvalue weighted by atomic mass is 16.6. The van der Waals surface area contributed by atoms with Crippen molar-refractivity contribution in [3.63, 3.8) is 0 Å². The summed E-state index contributed by atoms with van der Waals surface area (Å²) in [5.74, 6) is -3.20. The lowest BCUT2D eigenvalue weighted by Crippen LogP contribution is -2.41. The van der Waals surface area contributed by atoms with Gasteiger partial charge in [-0.15, -0.1) is 0 Å². The van der Waals surface area contributed by atoms with E-state index in [1.807, 2.05) is 0 Å². The second kappa shape index (κ2) is 7.77. The number of esters is 2. The van der Waals surface area contributed by atoms with Crippen molar-refractivity contribution < 1.29 is 43.9 Å². The molecule has 1 unspecified atom stereocenters. The van der Waals surface area contributed by atoms with Crippen molar-refractivity contribution in [3.8, 4) is 11.5 Å². The van der Waals surface area contributed by atoms with Gasteiger partial charge in [0.2, 0.25) is 6.10 Å². The maximum absolute atomic E-state index is 11.8. The smallest absolute Gasteiger partial charge is 0.379 e. The van der Waals surface area contributed by atoms with Gasteiger partial charge in [-0.1, -0.05) is 6.07 Å². The van der Waals surface area contributed by atoms with Crippen molar-refractivity contribution in [1.29, 1.82) is 0 Å². The van der Waals surface area contributed by atoms with Crippen LogP contribution in [0.5, 0.6) is 11.5 Å². The third-order valence-corrected chi connectivity index (χ3v) is 3.43. The summed E-state index contributed by atoms with van der Waals surface area (Å²) in [5, 5.41) is 27.9. The fourth-order valence-electron chi connectivity index (χ4n) is 2.14. The summed E-state index contributed by atoms with van der Waals surface area (Å²) in [5.41, 5.74) is 0.503. The van der Waals surface area contributed by atoms with Gasteiger partial charge in [0.15, 0.2) is 17.6 Å². The van der Waals surface area contributed by atoms with Gasteiger partial charge in [-0.05, 0) is 23.8 Å². The number of phenols is 1. The highest BCUT2D eigenvalue weighted by Gasteiger charge is 2.49. The number of carbonyl (C=O) groups excluding carboxylic acids is 3. The van der Waals surface area contributed by atoms with E-state index >= 15 is 0 Å². The van der Waals surface area contributed by atoms with Crippen LogP contribution in [0.2, 0.25) is 0 Å². The molecule has 2 rings (SSSR count). The third-order valence-electron chi connectivity index (χ3n) is 3.43. The van der Waals surface area contributed by atoms with Crippen LogP contribution < -0.4 is 4.74 Å². The van der Waals surface area contributed by atoms with Gasteiger partial charge in [0.25, 0.3) is 5.78 Å². The van der Waals surface area contributed by atoms with E-state index in [4.69, 9.17) is 14.6 Å². The van der Waals surface area contributed by atoms with Crippen LogP contribution in [0.1, 0.15) is 5.56 Å². The Labute approximate surface area is 142 Å². The minimum Gasteiger partial charge on any atom is -0.504 e. The van der Waals surface area contributed by atoms with Crippen LogP contribution in [0.3, 0.4) is 0 Å². The lowest BCUT2D eigenvalue weighted by molar-refractivity contribution is -0.156. The molecule has 3 atom stereocenters. The quantitative estimate of drug-likeness (QED) is 0.340. The predicted molar refractivity (Wildman–Crippen MR) is 81.6 cm³/mol. The van der Waals surface area contributed by atoms with Crippen LogP contribution in [-0.2, 0) is 23.9 Å². The number of ether oxygens (including phenoxy) is 3. The number of aromatic hydroxyl groups is 1. The molecular formula is C16H16O9. The Morgan fingerprint density at radius 1 is 1.40 bits per heavy atom. The first-order valence-corrected chi connectivity index (χ1v) is 7.16. The monoisotopic (exact) mass is 352 g/mol. The minimum absolute atomic E-state index is 0.0738. The Morgan fingerprint density at radius 3 is 2.76 bits per heavy atom. The fraction of sp³-hybridized carbons (Fsp3) is 0.312. The van der Waals surface area contributed by atoms with E-state index in [9.17, 15) is 24.6 Å². The first-order valence-electron chi connectivity index (χ1n) is 7.16. The molecule has 1 fully saturated rings. The number of Topliss-reactive ketones (excluding diaryl/α,β-unsaturated/α-hetero) is 1. The molecule has 134 valence electrons. The Kier molecular flexibility index (Phi) is 5.73. The molecule has 0 saturated carbocycles. The van der Waals surface area contributed by atoms with Crippen LogP contribution in [0.15, 0.2) is 24.3 Å². The molecule has 1 aromatic carbocycles. The number of benzene rings is 1. The molecule has 0 aliphatic carbocycles. The van der Waals surface area contributed by atoms with Gasteiger partial charge in [-0.2, -0.15) is 0 Å². The molecule has 1 aromatic rings. The molecule has 0 bridgehead atoms. The number of carbonyl (C=O) groups is 3. The number of hydrogen-bond acceptors (Lipinski definition) is 9. The number of aliphatic hydroxyl groups is 2. The average Bonchev–Trinajstić information content (AvgIpc) is 2.88. The summed E-state index contributed by atoms with van der Waals surface area (Å²) >= 11 is 0. The summed E-state index contributed by atoms with van der Waals surface area (Å²) in [6.07, 6.45) is -2.33. The summed E-state index contributed by atoms with van der Waals surface area (Å²) in [6, 6.07) is 4.34. The molecule has 1 aliphatic rings. The molecule has 9 heteroatoms. The summed E-state index contributed by atoms with van der Waals surface area (Å²) < 4.78 is 14.4. The molecule has 0 aromatic heterocycles. The number of cyclic esters (lactones) is 1. The number of rotatable bonds is 6. The normalized spacial score (nSPS) is 21.2. The van der Waals surface area contributed by atoms with Crippen molar-refractivity contribution in [3.05, 3.63) is 29.8 Å². The molecule has 3 N–H and O–H groups in total. The van der Waals surface area contributed by atoms with Crippen molar-refractivity contribution in [1.82, 2.24) is 0 Å². The third kappa shape index (κ3) is 4.14. The maximum Gasteiger partial charge on any atom is 0.379 e. The zero-order valence-corrected chi connectivity index (χ0v) is 13.1. The lowest BCUT2D eigenvalue weighted by Gasteiger charge is -2.19. The first-order chi connectivity index (χ1) is 11.9. The van der Waals surface area contributed by atoms with E-state index in [1.165, 1.54) is 31.4 Å². The molecule has 0 radical (unpaired) electrons. The Hall–Kier alpha value is -2.91. The van der Waals surface area contributed by atoms with Gasteiger partial charge in [0.1, 0.15) is 6.10 Å². The largest absolute Gasteiger partial charge is 0.504 e. The summed E-state index contributed by atoms with van der Waals surface area (Å²) in [7, 11) is 1.37. The van der Waals surface area contributed by atoms with Gasteiger partial charge in [-0.3, -0.25) is 4.79 Å². The second-order valence-electron chi connectivity index (χ2n) is 5.11. The Bertz CT molecular complexity index is 710. The van der Waals surface area contributed by atoms with E-state index < -0.39 is 42.6 Å². The highest BCUT2D eigenvalue weighted by molar-refractivity contribution is 6.37. The van der Waals surface area contributed by atoms with E-state index in [0.717, 1.165) is 6.08 Å². The van der Waals surface area contributed by atoms with Gasteiger partial charge in [-0.25, -0.2) is 9.59 Å². The molecular weight excluding hydrogens is 336 g/mol. The number of methoxy groups -OCH3 is 1. The van der Waals surface area contributed by atoms with Crippen LogP contribution >= 0.6 is 0 Å². The number of hydrogen-bond donors (Lipinski definition) is 3. The zero-order chi connectivity index (χ0) is 18.6. The zero-order valence-electron chi connectivity index (χ0n) is 13.1. The average molecular weight is 352 g/mol. The number of aliphatic hydroxyl groups excluding tert-OH is 2. The Morgan fingerprint density at radius 2 is 2.12 bits per heavy atom. The van der Waals surface area contributed by atoms with E-state index in [1.54, 1.807) is 0 Å². The summed E-state index contributed by atoms with van der Waals surface area (Å²) in [4.78, 5) is 34.8. The van der Waals surface area contributed by atoms with Gasteiger partial charge < -0.3 is 29.5 Å². The van der Waals surface area contributed by atoms with Crippen molar-refractivity contribution in [2.45, 2.75) is 18.3 Å². The maximum atomic E-state index is 11.8. The van der Waals surface area contributed by atoms with Crippen LogP contribution in [0.25, 0.3) is 6.08 Å². The SMILES string of the molecule is COc1cc(C=CC(=O)OC2C(=O)C(=O)O[C@@H]2[C@@H](O)CO)ccc1O. The molecule has 1 aliphatic heterocycles. The van der Waals surface area contributed by atoms with Gasteiger partial charge in [0.05, 0.1) is 13.7 Å². The van der Waals surface area contributed by atoms with Crippen molar-refractivity contribution in [2.75, 3.05) is 13.7 Å². The minimum atomic E-state index is -1.64. The van der Waals surface area contributed by atoms with Crippen LogP contribution in [0, 0.1) is 0 Å². The van der Waals surface area contributed by atoms with Crippen molar-refractivity contribution in [2.24, 2.45) is 0 Å². The predicted octanol–water partition coefficient (Wildman–Crippen LogP) is -0.827. The topological polar surface area (TPSA) is 140 Å². The van der Waals surface area contributed by atoms with E-state index in [0.29, 0.717) is 5.56 Å².